The van der Waals surface area contributed by atoms with Crippen LogP contribution in [0.4, 0.5) is 18.0 Å². The van der Waals surface area contributed by atoms with E-state index in [1.807, 2.05) is 5.32 Å². The molecule has 0 spiro atoms. The van der Waals surface area contributed by atoms with Crippen molar-refractivity contribution in [2.24, 2.45) is 7.05 Å². The standard InChI is InChI=1S/C17H18F3N3O3/c1-23-8-7-13(10-23)15(17(18,19)20)22-14(24)9-21-16(25)26-11-12-5-3-2-4-6-12/h2-8,10,15H,9,11H2,1H3,(H,21,25)(H,22,24)/t15-/m1/s1. The van der Waals surface area contributed by atoms with E-state index in [4.69, 9.17) is 4.74 Å². The SMILES string of the molecule is Cn1ccc([C@@H](NC(=O)CNC(=O)OCc2ccccc2)C(F)(F)F)c1. The number of carbonyl (C=O) groups excluding carboxylic acids is 2. The number of alkyl carbamates (subject to hydrolysis) is 1. The monoisotopic (exact) mass is 369 g/mol. The number of benzene rings is 1. The van der Waals surface area contributed by atoms with Gasteiger partial charge in [0.1, 0.15) is 13.2 Å². The Hall–Kier alpha value is -2.97. The fourth-order valence-electron chi connectivity index (χ4n) is 2.19. The predicted molar refractivity (Wildman–Crippen MR) is 87.0 cm³/mol. The summed E-state index contributed by atoms with van der Waals surface area (Å²) in [4.78, 5) is 23.3. The number of hydrogen-bond donors (Lipinski definition) is 2. The van der Waals surface area contributed by atoms with Crippen LogP contribution in [0.3, 0.4) is 0 Å². The molecular weight excluding hydrogens is 351 g/mol. The van der Waals surface area contributed by atoms with Gasteiger partial charge in [-0.15, -0.1) is 0 Å². The minimum absolute atomic E-state index is 0.0104. The van der Waals surface area contributed by atoms with Gasteiger partial charge in [0.15, 0.2) is 6.04 Å². The second kappa shape index (κ2) is 8.41. The van der Waals surface area contributed by atoms with Crippen molar-refractivity contribution in [3.63, 3.8) is 0 Å². The fourth-order valence-corrected chi connectivity index (χ4v) is 2.19. The smallest absolute Gasteiger partial charge is 0.412 e. The first kappa shape index (κ1) is 19.4. The topological polar surface area (TPSA) is 72.4 Å². The summed E-state index contributed by atoms with van der Waals surface area (Å²) in [6, 6.07) is 7.94. The molecule has 0 saturated carbocycles. The lowest BCUT2D eigenvalue weighted by atomic mass is 10.1. The second-order valence-corrected chi connectivity index (χ2v) is 5.57. The number of hydrogen-bond acceptors (Lipinski definition) is 3. The Morgan fingerprint density at radius 2 is 1.88 bits per heavy atom. The van der Waals surface area contributed by atoms with E-state index in [0.717, 1.165) is 5.56 Å². The summed E-state index contributed by atoms with van der Waals surface area (Å²) in [5, 5.41) is 3.99. The minimum Gasteiger partial charge on any atom is -0.445 e. The summed E-state index contributed by atoms with van der Waals surface area (Å²) in [6.07, 6.45) is -2.85. The molecule has 0 aliphatic rings. The third-order valence-corrected chi connectivity index (χ3v) is 3.43. The lowest BCUT2D eigenvalue weighted by molar-refractivity contribution is -0.163. The highest BCUT2D eigenvalue weighted by molar-refractivity contribution is 5.82. The van der Waals surface area contributed by atoms with E-state index in [0.29, 0.717) is 0 Å². The van der Waals surface area contributed by atoms with Gasteiger partial charge in [-0.25, -0.2) is 4.79 Å². The summed E-state index contributed by atoms with van der Waals surface area (Å²) in [7, 11) is 1.57. The zero-order valence-corrected chi connectivity index (χ0v) is 13.9. The highest BCUT2D eigenvalue weighted by Gasteiger charge is 2.42. The van der Waals surface area contributed by atoms with E-state index >= 15 is 0 Å². The van der Waals surface area contributed by atoms with Crippen molar-refractivity contribution in [3.05, 3.63) is 59.9 Å². The van der Waals surface area contributed by atoms with Crippen molar-refractivity contribution in [2.45, 2.75) is 18.8 Å². The third-order valence-electron chi connectivity index (χ3n) is 3.43. The van der Waals surface area contributed by atoms with Gasteiger partial charge in [0, 0.05) is 25.0 Å². The highest BCUT2D eigenvalue weighted by Crippen LogP contribution is 2.32. The Morgan fingerprint density at radius 3 is 2.46 bits per heavy atom. The third kappa shape index (κ3) is 5.83. The molecular formula is C17H18F3N3O3. The molecule has 1 atom stereocenters. The summed E-state index contributed by atoms with van der Waals surface area (Å²) < 4.78 is 45.8. The van der Waals surface area contributed by atoms with E-state index in [1.165, 1.54) is 23.0 Å². The van der Waals surface area contributed by atoms with E-state index in [-0.39, 0.29) is 12.2 Å². The number of nitrogens with one attached hydrogen (secondary N) is 2. The van der Waals surface area contributed by atoms with E-state index in [9.17, 15) is 22.8 Å². The first-order valence-corrected chi connectivity index (χ1v) is 7.68. The zero-order valence-electron chi connectivity index (χ0n) is 13.9. The van der Waals surface area contributed by atoms with Gasteiger partial charge in [-0.2, -0.15) is 13.2 Å². The van der Waals surface area contributed by atoms with Gasteiger partial charge in [-0.1, -0.05) is 30.3 Å². The van der Waals surface area contributed by atoms with Gasteiger partial charge in [-0.3, -0.25) is 4.79 Å². The maximum Gasteiger partial charge on any atom is 0.412 e. The van der Waals surface area contributed by atoms with Gasteiger partial charge in [0.05, 0.1) is 0 Å². The zero-order chi connectivity index (χ0) is 19.2. The lowest BCUT2D eigenvalue weighted by Gasteiger charge is -2.21. The maximum atomic E-state index is 13.1. The average Bonchev–Trinajstić information content (AvgIpc) is 3.01. The van der Waals surface area contributed by atoms with E-state index < -0.39 is 30.8 Å². The molecule has 26 heavy (non-hydrogen) atoms. The van der Waals surface area contributed by atoms with Crippen LogP contribution in [0.1, 0.15) is 17.2 Å². The van der Waals surface area contributed by atoms with Crippen LogP contribution in [0.15, 0.2) is 48.8 Å². The largest absolute Gasteiger partial charge is 0.445 e. The predicted octanol–water partition coefficient (Wildman–Crippen LogP) is 2.67. The van der Waals surface area contributed by atoms with Gasteiger partial charge in [0.2, 0.25) is 5.91 Å². The van der Waals surface area contributed by atoms with Crippen molar-refractivity contribution in [3.8, 4) is 0 Å². The Labute approximate surface area is 147 Å². The molecule has 140 valence electrons. The van der Waals surface area contributed by atoms with Crippen LogP contribution in [0.2, 0.25) is 0 Å². The van der Waals surface area contributed by atoms with Crippen molar-refractivity contribution in [1.29, 1.82) is 0 Å². The average molecular weight is 369 g/mol. The number of aryl methyl sites for hydroxylation is 1. The summed E-state index contributed by atoms with van der Waals surface area (Å²) >= 11 is 0. The number of amides is 2. The van der Waals surface area contributed by atoms with Crippen molar-refractivity contribution in [2.75, 3.05) is 6.54 Å². The molecule has 2 rings (SSSR count). The number of nitrogens with zero attached hydrogens (tertiary/aromatic N) is 1. The van der Waals surface area contributed by atoms with Crippen LogP contribution in [-0.2, 0) is 23.2 Å². The van der Waals surface area contributed by atoms with Crippen LogP contribution in [0.25, 0.3) is 0 Å². The number of rotatable bonds is 6. The van der Waals surface area contributed by atoms with Crippen molar-refractivity contribution in [1.82, 2.24) is 15.2 Å². The van der Waals surface area contributed by atoms with Crippen LogP contribution in [-0.4, -0.2) is 29.3 Å². The lowest BCUT2D eigenvalue weighted by Crippen LogP contribution is -2.43. The Balaban J connectivity index is 1.83. The molecule has 0 radical (unpaired) electrons. The molecule has 0 bridgehead atoms. The molecule has 0 saturated heterocycles. The van der Waals surface area contributed by atoms with Crippen molar-refractivity contribution >= 4 is 12.0 Å². The number of alkyl halides is 3. The normalized spacial score (nSPS) is 12.3. The number of halogens is 3. The van der Waals surface area contributed by atoms with Gasteiger partial charge < -0.3 is 19.9 Å². The number of aromatic nitrogens is 1. The first-order valence-electron chi connectivity index (χ1n) is 7.68. The van der Waals surface area contributed by atoms with Crippen LogP contribution in [0.5, 0.6) is 0 Å². The molecule has 0 fully saturated rings. The van der Waals surface area contributed by atoms with E-state index in [2.05, 4.69) is 5.32 Å². The molecule has 2 N–H and O–H groups in total. The summed E-state index contributed by atoms with van der Waals surface area (Å²) in [6.45, 7) is -0.642. The molecule has 2 amide bonds. The molecule has 0 unspecified atom stereocenters. The minimum atomic E-state index is -4.66. The molecule has 6 nitrogen and oxygen atoms in total. The van der Waals surface area contributed by atoms with Gasteiger partial charge >= 0.3 is 12.3 Å². The van der Waals surface area contributed by atoms with Gasteiger partial charge in [0.25, 0.3) is 0 Å². The maximum absolute atomic E-state index is 13.1. The van der Waals surface area contributed by atoms with Gasteiger partial charge in [-0.05, 0) is 11.6 Å². The van der Waals surface area contributed by atoms with Crippen LogP contribution < -0.4 is 10.6 Å². The molecule has 0 aliphatic carbocycles. The second-order valence-electron chi connectivity index (χ2n) is 5.57. The first-order chi connectivity index (χ1) is 12.3. The summed E-state index contributed by atoms with van der Waals surface area (Å²) in [5.74, 6) is -0.979. The van der Waals surface area contributed by atoms with Crippen LogP contribution >= 0.6 is 0 Å². The Bertz CT molecular complexity index is 744. The molecule has 1 heterocycles. The molecule has 1 aromatic heterocycles. The Kier molecular flexibility index (Phi) is 6.26. The van der Waals surface area contributed by atoms with E-state index in [1.54, 1.807) is 37.4 Å². The summed E-state index contributed by atoms with van der Waals surface area (Å²) in [5.41, 5.74) is 0.647. The number of carbonyl (C=O) groups is 2. The quantitative estimate of drug-likeness (QED) is 0.822. The molecule has 1 aromatic carbocycles. The molecule has 9 heteroatoms. The molecule has 0 aliphatic heterocycles. The van der Waals surface area contributed by atoms with Crippen molar-refractivity contribution < 1.29 is 27.5 Å². The fraction of sp³-hybridized carbons (Fsp3) is 0.294. The Morgan fingerprint density at radius 1 is 1.19 bits per heavy atom. The van der Waals surface area contributed by atoms with Crippen LogP contribution in [0, 0.1) is 0 Å². The highest BCUT2D eigenvalue weighted by atomic mass is 19.4. The molecule has 2 aromatic rings. The number of ether oxygens (including phenoxy) is 1.